The standard InChI is InChI=1S/C15H25BrN2O4Si/c1-15(2,3)23(4,5)22-10-11(9-19)17-14-12(16)7-6-8-13(14)18(20)21/h6-8,11,17,19H,9-10H2,1-5H3. The van der Waals surface area contributed by atoms with Crippen LogP contribution in [0.3, 0.4) is 0 Å². The molecule has 0 heterocycles. The Labute approximate surface area is 146 Å². The zero-order valence-electron chi connectivity index (χ0n) is 14.2. The second kappa shape index (κ2) is 7.74. The first-order valence-electron chi connectivity index (χ1n) is 7.44. The Hall–Kier alpha value is -0.963. The number of aliphatic hydroxyl groups is 1. The fourth-order valence-corrected chi connectivity index (χ4v) is 3.20. The highest BCUT2D eigenvalue weighted by molar-refractivity contribution is 9.10. The number of nitro benzene ring substituents is 1. The monoisotopic (exact) mass is 404 g/mol. The van der Waals surface area contributed by atoms with Gasteiger partial charge in [0.15, 0.2) is 8.32 Å². The number of para-hydroxylation sites is 1. The van der Waals surface area contributed by atoms with Gasteiger partial charge in [0.1, 0.15) is 5.69 Å². The lowest BCUT2D eigenvalue weighted by atomic mass is 10.2. The van der Waals surface area contributed by atoms with E-state index in [0.29, 0.717) is 16.8 Å². The lowest BCUT2D eigenvalue weighted by molar-refractivity contribution is -0.384. The van der Waals surface area contributed by atoms with E-state index in [-0.39, 0.29) is 17.3 Å². The van der Waals surface area contributed by atoms with Gasteiger partial charge in [-0.2, -0.15) is 0 Å². The molecule has 0 fully saturated rings. The van der Waals surface area contributed by atoms with Crippen molar-refractivity contribution in [2.24, 2.45) is 0 Å². The van der Waals surface area contributed by atoms with Crippen molar-refractivity contribution in [1.82, 2.24) is 0 Å². The van der Waals surface area contributed by atoms with E-state index < -0.39 is 19.3 Å². The molecule has 0 aliphatic carbocycles. The molecule has 0 amide bonds. The molecular formula is C15H25BrN2O4Si. The number of anilines is 1. The van der Waals surface area contributed by atoms with E-state index in [9.17, 15) is 15.2 Å². The number of hydrogen-bond donors (Lipinski definition) is 2. The number of benzene rings is 1. The van der Waals surface area contributed by atoms with Crippen molar-refractivity contribution in [2.45, 2.75) is 44.9 Å². The van der Waals surface area contributed by atoms with Crippen LogP contribution in [0.1, 0.15) is 20.8 Å². The van der Waals surface area contributed by atoms with Crippen LogP contribution < -0.4 is 5.32 Å². The smallest absolute Gasteiger partial charge is 0.293 e. The number of nitrogens with zero attached hydrogens (tertiary/aromatic N) is 1. The summed E-state index contributed by atoms with van der Waals surface area (Å²) in [5.74, 6) is 0. The van der Waals surface area contributed by atoms with Crippen LogP contribution in [0.25, 0.3) is 0 Å². The molecule has 130 valence electrons. The van der Waals surface area contributed by atoms with Gasteiger partial charge >= 0.3 is 0 Å². The van der Waals surface area contributed by atoms with Gasteiger partial charge in [0.25, 0.3) is 5.69 Å². The van der Waals surface area contributed by atoms with Gasteiger partial charge < -0.3 is 14.8 Å². The third-order valence-corrected chi connectivity index (χ3v) is 9.37. The summed E-state index contributed by atoms with van der Waals surface area (Å²) < 4.78 is 6.67. The van der Waals surface area contributed by atoms with E-state index in [4.69, 9.17) is 4.43 Å². The maximum absolute atomic E-state index is 11.2. The fraction of sp³-hybridized carbons (Fsp3) is 0.600. The summed E-state index contributed by atoms with van der Waals surface area (Å²) in [5, 5.41) is 23.8. The van der Waals surface area contributed by atoms with Crippen molar-refractivity contribution in [2.75, 3.05) is 18.5 Å². The predicted molar refractivity (Wildman–Crippen MR) is 98.4 cm³/mol. The molecule has 0 aliphatic rings. The van der Waals surface area contributed by atoms with Gasteiger partial charge in [0, 0.05) is 10.5 Å². The van der Waals surface area contributed by atoms with E-state index >= 15 is 0 Å². The minimum absolute atomic E-state index is 0.0369. The largest absolute Gasteiger partial charge is 0.415 e. The Balaban J connectivity index is 2.88. The first-order chi connectivity index (χ1) is 10.5. The van der Waals surface area contributed by atoms with Gasteiger partial charge in [-0.25, -0.2) is 0 Å². The van der Waals surface area contributed by atoms with Crippen LogP contribution >= 0.6 is 15.9 Å². The molecule has 0 spiro atoms. The van der Waals surface area contributed by atoms with E-state index in [2.05, 4.69) is 55.1 Å². The summed E-state index contributed by atoms with van der Waals surface area (Å²) in [6, 6.07) is 4.34. The van der Waals surface area contributed by atoms with E-state index in [1.54, 1.807) is 12.1 Å². The maximum atomic E-state index is 11.2. The molecule has 1 aromatic carbocycles. The number of nitro groups is 1. The number of aliphatic hydroxyl groups excluding tert-OH is 1. The Morgan fingerprint density at radius 2 is 2.04 bits per heavy atom. The van der Waals surface area contributed by atoms with Crippen LogP contribution in [0.4, 0.5) is 11.4 Å². The third-order valence-electron chi connectivity index (χ3n) is 4.21. The maximum Gasteiger partial charge on any atom is 0.293 e. The Morgan fingerprint density at radius 1 is 1.43 bits per heavy atom. The second-order valence-corrected chi connectivity index (χ2v) is 12.6. The summed E-state index contributed by atoms with van der Waals surface area (Å²) in [5.41, 5.74) is 0.320. The van der Waals surface area contributed by atoms with Crippen LogP contribution in [-0.2, 0) is 4.43 Å². The molecule has 2 N–H and O–H groups in total. The number of halogens is 1. The summed E-state index contributed by atoms with van der Waals surface area (Å²) in [6.45, 7) is 10.8. The average molecular weight is 405 g/mol. The molecule has 0 saturated heterocycles. The van der Waals surface area contributed by atoms with Crippen molar-refractivity contribution in [3.8, 4) is 0 Å². The molecule has 1 rings (SSSR count). The molecule has 6 nitrogen and oxygen atoms in total. The van der Waals surface area contributed by atoms with Crippen molar-refractivity contribution in [3.05, 3.63) is 32.8 Å². The molecule has 0 aliphatic heterocycles. The molecule has 1 aromatic rings. The van der Waals surface area contributed by atoms with Crippen LogP contribution in [0.2, 0.25) is 18.1 Å². The summed E-state index contributed by atoms with van der Waals surface area (Å²) in [7, 11) is -1.95. The van der Waals surface area contributed by atoms with E-state index in [1.807, 2.05) is 0 Å². The van der Waals surface area contributed by atoms with E-state index in [0.717, 1.165) is 0 Å². The molecule has 1 unspecified atom stereocenters. The minimum Gasteiger partial charge on any atom is -0.415 e. The van der Waals surface area contributed by atoms with Gasteiger partial charge in [0.2, 0.25) is 0 Å². The molecule has 0 radical (unpaired) electrons. The highest BCUT2D eigenvalue weighted by Gasteiger charge is 2.37. The normalized spacial score (nSPS) is 13.7. The van der Waals surface area contributed by atoms with Gasteiger partial charge in [-0.05, 0) is 40.1 Å². The zero-order valence-corrected chi connectivity index (χ0v) is 16.8. The van der Waals surface area contributed by atoms with Crippen molar-refractivity contribution >= 4 is 35.6 Å². The Kier molecular flexibility index (Phi) is 6.76. The molecule has 0 bridgehead atoms. The van der Waals surface area contributed by atoms with Crippen LogP contribution in [0.15, 0.2) is 22.7 Å². The quantitative estimate of drug-likeness (QED) is 0.404. The summed E-state index contributed by atoms with van der Waals surface area (Å²) in [4.78, 5) is 10.7. The molecule has 0 saturated carbocycles. The van der Waals surface area contributed by atoms with Gasteiger partial charge in [-0.3, -0.25) is 10.1 Å². The number of hydrogen-bond acceptors (Lipinski definition) is 5. The highest BCUT2D eigenvalue weighted by atomic mass is 79.9. The minimum atomic E-state index is -1.95. The second-order valence-electron chi connectivity index (χ2n) is 6.99. The van der Waals surface area contributed by atoms with Crippen LogP contribution in [-0.4, -0.2) is 37.6 Å². The van der Waals surface area contributed by atoms with Gasteiger partial charge in [-0.1, -0.05) is 26.8 Å². The predicted octanol–water partition coefficient (Wildman–Crippen LogP) is 4.15. The lowest BCUT2D eigenvalue weighted by Crippen LogP contribution is -2.44. The van der Waals surface area contributed by atoms with Gasteiger partial charge in [-0.15, -0.1) is 0 Å². The summed E-state index contributed by atoms with van der Waals surface area (Å²) >= 11 is 3.31. The average Bonchev–Trinajstić information content (AvgIpc) is 2.43. The van der Waals surface area contributed by atoms with Crippen LogP contribution in [0.5, 0.6) is 0 Å². The lowest BCUT2D eigenvalue weighted by Gasteiger charge is -2.37. The fourth-order valence-electron chi connectivity index (χ4n) is 1.68. The number of nitrogens with one attached hydrogen (secondary N) is 1. The third kappa shape index (κ3) is 5.27. The highest BCUT2D eigenvalue weighted by Crippen LogP contribution is 2.37. The molecule has 0 aromatic heterocycles. The SMILES string of the molecule is CC(C)(C)[Si](C)(C)OCC(CO)Nc1c(Br)cccc1[N+](=O)[O-]. The molecule has 1 atom stereocenters. The van der Waals surface area contributed by atoms with Gasteiger partial charge in [0.05, 0.1) is 24.2 Å². The first kappa shape index (κ1) is 20.1. The summed E-state index contributed by atoms with van der Waals surface area (Å²) in [6.07, 6.45) is 0. The molecular weight excluding hydrogens is 380 g/mol. The molecule has 8 heteroatoms. The number of rotatable bonds is 7. The first-order valence-corrected chi connectivity index (χ1v) is 11.1. The topological polar surface area (TPSA) is 84.6 Å². The van der Waals surface area contributed by atoms with Crippen molar-refractivity contribution < 1.29 is 14.5 Å². The van der Waals surface area contributed by atoms with Crippen molar-refractivity contribution in [3.63, 3.8) is 0 Å². The Morgan fingerprint density at radius 3 is 2.52 bits per heavy atom. The van der Waals surface area contributed by atoms with E-state index in [1.165, 1.54) is 6.07 Å². The van der Waals surface area contributed by atoms with Crippen molar-refractivity contribution in [1.29, 1.82) is 0 Å². The van der Waals surface area contributed by atoms with Crippen LogP contribution in [0, 0.1) is 10.1 Å². The Bertz CT molecular complexity index is 561. The zero-order chi connectivity index (χ0) is 17.8. The molecule has 23 heavy (non-hydrogen) atoms.